The van der Waals surface area contributed by atoms with E-state index in [0.717, 1.165) is 0 Å². The largest absolute Gasteiger partial charge is 0.299 e. The average Bonchev–Trinajstić information content (AvgIpc) is 1.82. The van der Waals surface area contributed by atoms with E-state index < -0.39 is 0 Å². The molecule has 0 amide bonds. The third-order valence-electron chi connectivity index (χ3n) is 2.64. The fraction of sp³-hybridized carbons (Fsp3) is 0.700. The Bertz CT molecular complexity index is 216. The van der Waals surface area contributed by atoms with E-state index >= 15 is 0 Å². The van der Waals surface area contributed by atoms with E-state index in [1.54, 1.807) is 0 Å². The maximum Gasteiger partial charge on any atom is 0.143 e. The molecule has 0 aromatic carbocycles. The van der Waals surface area contributed by atoms with Gasteiger partial charge in [0.15, 0.2) is 0 Å². The van der Waals surface area contributed by atoms with Crippen LogP contribution in [0.5, 0.6) is 0 Å². The highest BCUT2D eigenvalue weighted by molar-refractivity contribution is 6.03. The summed E-state index contributed by atoms with van der Waals surface area (Å²) in [6.07, 6.45) is 1.27. The summed E-state index contributed by atoms with van der Waals surface area (Å²) in [6.45, 7) is 7.69. The minimum Gasteiger partial charge on any atom is -0.299 e. The maximum atomic E-state index is 11.4. The number of carbonyl (C=O) groups is 2. The van der Waals surface area contributed by atoms with Crippen molar-refractivity contribution in [2.45, 2.75) is 33.1 Å². The molecule has 67 valence electrons. The van der Waals surface area contributed by atoms with Crippen LogP contribution < -0.4 is 0 Å². The average molecular weight is 167 g/mol. The van der Waals surface area contributed by atoms with Gasteiger partial charge in [-0.15, -0.1) is 0 Å². The van der Waals surface area contributed by atoms with E-state index in [1.807, 2.05) is 13.8 Å². The van der Waals surface area contributed by atoms with Crippen LogP contribution in [0.15, 0.2) is 0 Å². The number of rotatable bonds is 1. The second-order valence-corrected chi connectivity index (χ2v) is 4.19. The molecule has 0 N–H and O–H groups in total. The van der Waals surface area contributed by atoms with E-state index in [4.69, 9.17) is 0 Å². The lowest BCUT2D eigenvalue weighted by Crippen LogP contribution is -2.38. The number of ketones is 2. The SMILES string of the molecule is [CH2]CC1C(=O)CC(=O)CC1(C)C. The quantitative estimate of drug-likeness (QED) is 0.558. The second kappa shape index (κ2) is 3.00. The molecule has 2 heteroatoms. The molecule has 1 unspecified atom stereocenters. The van der Waals surface area contributed by atoms with Crippen LogP contribution in [0.3, 0.4) is 0 Å². The summed E-state index contributed by atoms with van der Waals surface area (Å²) in [5.74, 6) is 0.135. The zero-order chi connectivity index (χ0) is 9.35. The van der Waals surface area contributed by atoms with Crippen molar-refractivity contribution in [2.75, 3.05) is 0 Å². The number of Topliss-reactive ketones (excluding diaryl/α,β-unsaturated/α-hetero) is 2. The number of carbonyl (C=O) groups excluding carboxylic acids is 2. The van der Waals surface area contributed by atoms with Gasteiger partial charge < -0.3 is 0 Å². The summed E-state index contributed by atoms with van der Waals surface area (Å²) in [5, 5.41) is 0. The molecule has 12 heavy (non-hydrogen) atoms. The molecule has 1 radical (unpaired) electrons. The fourth-order valence-electron chi connectivity index (χ4n) is 2.00. The van der Waals surface area contributed by atoms with Gasteiger partial charge in [0.2, 0.25) is 0 Å². The molecular weight excluding hydrogens is 152 g/mol. The highest BCUT2D eigenvalue weighted by Crippen LogP contribution is 2.38. The van der Waals surface area contributed by atoms with Crippen LogP contribution in [0.1, 0.15) is 33.1 Å². The lowest BCUT2D eigenvalue weighted by Gasteiger charge is -2.35. The highest BCUT2D eigenvalue weighted by atomic mass is 16.1. The van der Waals surface area contributed by atoms with Crippen LogP contribution in [-0.2, 0) is 9.59 Å². The van der Waals surface area contributed by atoms with Crippen LogP contribution in [0.4, 0.5) is 0 Å². The Morgan fingerprint density at radius 3 is 2.50 bits per heavy atom. The second-order valence-electron chi connectivity index (χ2n) is 4.19. The van der Waals surface area contributed by atoms with Crippen molar-refractivity contribution in [3.05, 3.63) is 6.92 Å². The standard InChI is InChI=1S/C10H15O2/c1-4-8-9(12)5-7(11)6-10(8,2)3/h8H,1,4-6H2,2-3H3. The van der Waals surface area contributed by atoms with Gasteiger partial charge in [-0.1, -0.05) is 20.8 Å². The van der Waals surface area contributed by atoms with E-state index in [2.05, 4.69) is 6.92 Å². The lowest BCUT2D eigenvalue weighted by atomic mass is 9.67. The summed E-state index contributed by atoms with van der Waals surface area (Å²) < 4.78 is 0. The molecule has 0 aliphatic heterocycles. The molecule has 1 saturated carbocycles. The van der Waals surface area contributed by atoms with Gasteiger partial charge in [0.05, 0.1) is 6.42 Å². The first-order valence-corrected chi connectivity index (χ1v) is 4.31. The molecule has 1 atom stereocenters. The molecule has 0 aromatic heterocycles. The molecular formula is C10H15O2. The van der Waals surface area contributed by atoms with E-state index in [1.165, 1.54) is 0 Å². The molecule has 1 fully saturated rings. The van der Waals surface area contributed by atoms with Gasteiger partial charge in [0.1, 0.15) is 11.6 Å². The number of hydrogen-bond acceptors (Lipinski definition) is 2. The molecule has 0 heterocycles. The van der Waals surface area contributed by atoms with Crippen molar-refractivity contribution in [1.82, 2.24) is 0 Å². The van der Waals surface area contributed by atoms with Gasteiger partial charge in [-0.05, 0) is 11.8 Å². The minimum absolute atomic E-state index is 0.0183. The van der Waals surface area contributed by atoms with Crippen molar-refractivity contribution in [3.8, 4) is 0 Å². The fourth-order valence-corrected chi connectivity index (χ4v) is 2.00. The molecule has 0 spiro atoms. The zero-order valence-electron chi connectivity index (χ0n) is 7.72. The first-order valence-electron chi connectivity index (χ1n) is 4.31. The molecule has 1 aliphatic rings. The number of hydrogen-bond donors (Lipinski definition) is 0. The predicted molar refractivity (Wildman–Crippen MR) is 46.5 cm³/mol. The highest BCUT2D eigenvalue weighted by Gasteiger charge is 2.40. The topological polar surface area (TPSA) is 34.1 Å². The van der Waals surface area contributed by atoms with Gasteiger partial charge in [0, 0.05) is 12.3 Å². The Kier molecular flexibility index (Phi) is 2.36. The van der Waals surface area contributed by atoms with E-state index in [9.17, 15) is 9.59 Å². The third kappa shape index (κ3) is 1.57. The van der Waals surface area contributed by atoms with Crippen molar-refractivity contribution in [2.24, 2.45) is 11.3 Å². The summed E-state index contributed by atoms with van der Waals surface area (Å²) in [6, 6.07) is 0. The Morgan fingerprint density at radius 1 is 1.50 bits per heavy atom. The van der Waals surface area contributed by atoms with Crippen molar-refractivity contribution < 1.29 is 9.59 Å². The van der Waals surface area contributed by atoms with Crippen LogP contribution in [0, 0.1) is 18.3 Å². The van der Waals surface area contributed by atoms with Gasteiger partial charge >= 0.3 is 0 Å². The first kappa shape index (κ1) is 9.43. The summed E-state index contributed by atoms with van der Waals surface area (Å²) >= 11 is 0. The maximum absolute atomic E-state index is 11.4. The van der Waals surface area contributed by atoms with Gasteiger partial charge in [0.25, 0.3) is 0 Å². The first-order chi connectivity index (χ1) is 5.47. The molecule has 0 saturated heterocycles. The summed E-state index contributed by atoms with van der Waals surface area (Å²) in [7, 11) is 0. The Balaban J connectivity index is 2.85. The Morgan fingerprint density at radius 2 is 2.08 bits per heavy atom. The summed E-state index contributed by atoms with van der Waals surface area (Å²) in [5.41, 5.74) is -0.172. The lowest BCUT2D eigenvalue weighted by molar-refractivity contribution is -0.138. The van der Waals surface area contributed by atoms with Crippen LogP contribution in [-0.4, -0.2) is 11.6 Å². The Labute approximate surface area is 73.3 Å². The predicted octanol–water partition coefficient (Wildman–Crippen LogP) is 1.78. The van der Waals surface area contributed by atoms with Crippen molar-refractivity contribution in [3.63, 3.8) is 0 Å². The molecule has 2 nitrogen and oxygen atoms in total. The zero-order valence-corrected chi connectivity index (χ0v) is 7.72. The Hall–Kier alpha value is -0.660. The van der Waals surface area contributed by atoms with Crippen molar-refractivity contribution in [1.29, 1.82) is 0 Å². The van der Waals surface area contributed by atoms with Crippen LogP contribution in [0.25, 0.3) is 0 Å². The van der Waals surface area contributed by atoms with Crippen LogP contribution >= 0.6 is 0 Å². The van der Waals surface area contributed by atoms with Gasteiger partial charge in [-0.25, -0.2) is 0 Å². The van der Waals surface area contributed by atoms with E-state index in [0.29, 0.717) is 12.8 Å². The molecule has 0 aromatic rings. The molecule has 1 rings (SSSR count). The van der Waals surface area contributed by atoms with Gasteiger partial charge in [-0.2, -0.15) is 0 Å². The smallest absolute Gasteiger partial charge is 0.143 e. The normalized spacial score (nSPS) is 29.1. The van der Waals surface area contributed by atoms with Crippen molar-refractivity contribution >= 4 is 11.6 Å². The van der Waals surface area contributed by atoms with Crippen LogP contribution in [0.2, 0.25) is 0 Å². The summed E-state index contributed by atoms with van der Waals surface area (Å²) in [4.78, 5) is 22.5. The van der Waals surface area contributed by atoms with E-state index in [-0.39, 0.29) is 29.3 Å². The molecule has 1 aliphatic carbocycles. The molecule has 0 bridgehead atoms. The van der Waals surface area contributed by atoms with Gasteiger partial charge in [-0.3, -0.25) is 9.59 Å². The third-order valence-corrected chi connectivity index (χ3v) is 2.64. The minimum atomic E-state index is -0.172. The monoisotopic (exact) mass is 167 g/mol.